The quantitative estimate of drug-likeness (QED) is 0.770. The van der Waals surface area contributed by atoms with Crippen LogP contribution in [0.2, 0.25) is 0 Å². The normalized spacial score (nSPS) is 13.1. The van der Waals surface area contributed by atoms with Crippen LogP contribution < -0.4 is 0 Å². The maximum atomic E-state index is 9.93. The van der Waals surface area contributed by atoms with Gasteiger partial charge >= 0.3 is 0 Å². The zero-order valence-corrected chi connectivity index (χ0v) is 9.21. The Kier molecular flexibility index (Phi) is 3.48. The zero-order valence-electron chi connectivity index (χ0n) is 9.21. The fourth-order valence-electron chi connectivity index (χ4n) is 1.54. The number of nitrogens with zero attached hydrogens (tertiary/aromatic N) is 3. The maximum Gasteiger partial charge on any atom is 0.106 e. The molecule has 0 aliphatic heterocycles. The number of aliphatic hydroxyl groups excluding tert-OH is 1. The first-order valence-corrected chi connectivity index (χ1v) is 5.36. The Hall–Kier alpha value is -1.46. The van der Waals surface area contributed by atoms with Crippen molar-refractivity contribution >= 4 is 5.52 Å². The van der Waals surface area contributed by atoms with Crippen molar-refractivity contribution in [1.29, 1.82) is 0 Å². The highest BCUT2D eigenvalue weighted by Gasteiger charge is 2.13. The minimum Gasteiger partial charge on any atom is -0.386 e. The summed E-state index contributed by atoms with van der Waals surface area (Å²) in [6.07, 6.45) is 7.04. The van der Waals surface area contributed by atoms with Crippen LogP contribution in [0, 0.1) is 0 Å². The van der Waals surface area contributed by atoms with Crippen molar-refractivity contribution in [3.05, 3.63) is 30.4 Å². The molecule has 0 amide bonds. The predicted molar refractivity (Wildman–Crippen MR) is 59.1 cm³/mol. The summed E-state index contributed by atoms with van der Waals surface area (Å²) in [6.45, 7) is 2.99. The fraction of sp³-hybridized carbons (Fsp3) is 0.455. The number of ether oxygens (including phenoxy) is 1. The summed E-state index contributed by atoms with van der Waals surface area (Å²) in [7, 11) is 0. The van der Waals surface area contributed by atoms with Crippen LogP contribution in [0.5, 0.6) is 0 Å². The van der Waals surface area contributed by atoms with Gasteiger partial charge in [0, 0.05) is 24.6 Å². The van der Waals surface area contributed by atoms with Gasteiger partial charge in [-0.1, -0.05) is 6.92 Å². The number of aliphatic hydroxyl groups is 1. The van der Waals surface area contributed by atoms with Gasteiger partial charge in [-0.15, -0.1) is 0 Å². The highest BCUT2D eigenvalue weighted by atomic mass is 16.5. The second-order valence-corrected chi connectivity index (χ2v) is 3.60. The summed E-state index contributed by atoms with van der Waals surface area (Å²) in [6, 6.07) is 0. The van der Waals surface area contributed by atoms with Gasteiger partial charge in [-0.25, -0.2) is 4.52 Å². The van der Waals surface area contributed by atoms with Gasteiger partial charge in [0.1, 0.15) is 6.10 Å². The molecule has 1 atom stereocenters. The van der Waals surface area contributed by atoms with E-state index in [0.29, 0.717) is 13.2 Å². The lowest BCUT2D eigenvalue weighted by Crippen LogP contribution is -2.07. The van der Waals surface area contributed by atoms with Crippen LogP contribution in [0.1, 0.15) is 25.0 Å². The van der Waals surface area contributed by atoms with E-state index in [4.69, 9.17) is 4.74 Å². The summed E-state index contributed by atoms with van der Waals surface area (Å²) < 4.78 is 7.00. The Morgan fingerprint density at radius 3 is 3.19 bits per heavy atom. The highest BCUT2D eigenvalue weighted by molar-refractivity contribution is 5.52. The van der Waals surface area contributed by atoms with E-state index in [-0.39, 0.29) is 0 Å². The number of rotatable bonds is 5. The molecule has 0 aromatic carbocycles. The van der Waals surface area contributed by atoms with Crippen molar-refractivity contribution in [2.24, 2.45) is 0 Å². The maximum absolute atomic E-state index is 9.93. The third kappa shape index (κ3) is 2.20. The Morgan fingerprint density at radius 1 is 1.50 bits per heavy atom. The van der Waals surface area contributed by atoms with Crippen LogP contribution in [0.25, 0.3) is 5.52 Å². The molecular formula is C11H15N3O2. The Balaban J connectivity index is 2.13. The molecule has 0 spiro atoms. The van der Waals surface area contributed by atoms with Gasteiger partial charge in [0.15, 0.2) is 0 Å². The van der Waals surface area contributed by atoms with E-state index in [2.05, 4.69) is 10.1 Å². The van der Waals surface area contributed by atoms with Gasteiger partial charge in [0.25, 0.3) is 0 Å². The van der Waals surface area contributed by atoms with E-state index in [9.17, 15) is 5.11 Å². The molecule has 86 valence electrons. The van der Waals surface area contributed by atoms with Crippen molar-refractivity contribution in [3.63, 3.8) is 0 Å². The second kappa shape index (κ2) is 5.05. The van der Waals surface area contributed by atoms with E-state index in [1.54, 1.807) is 29.3 Å². The van der Waals surface area contributed by atoms with Crippen LogP contribution in [-0.2, 0) is 4.74 Å². The average molecular weight is 221 g/mol. The molecule has 0 fully saturated rings. The summed E-state index contributed by atoms with van der Waals surface area (Å²) >= 11 is 0. The van der Waals surface area contributed by atoms with E-state index >= 15 is 0 Å². The van der Waals surface area contributed by atoms with Gasteiger partial charge < -0.3 is 9.84 Å². The molecule has 5 heteroatoms. The monoisotopic (exact) mass is 221 g/mol. The predicted octanol–water partition coefficient (Wildman–Crippen LogP) is 1.19. The molecule has 2 aromatic rings. The van der Waals surface area contributed by atoms with Gasteiger partial charge in [0.05, 0.1) is 24.5 Å². The number of hydrogen-bond acceptors (Lipinski definition) is 4. The lowest BCUT2D eigenvalue weighted by atomic mass is 10.2. The van der Waals surface area contributed by atoms with Gasteiger partial charge in [-0.05, 0) is 6.42 Å². The van der Waals surface area contributed by atoms with Crippen molar-refractivity contribution in [1.82, 2.24) is 14.6 Å². The number of hydrogen-bond donors (Lipinski definition) is 1. The molecule has 0 aliphatic carbocycles. The van der Waals surface area contributed by atoms with E-state index in [1.165, 1.54) is 0 Å². The minimum absolute atomic E-state index is 0.296. The Morgan fingerprint density at radius 2 is 2.38 bits per heavy atom. The molecule has 0 aliphatic rings. The lowest BCUT2D eigenvalue weighted by Gasteiger charge is -2.09. The van der Waals surface area contributed by atoms with Crippen molar-refractivity contribution in [3.8, 4) is 0 Å². The summed E-state index contributed by atoms with van der Waals surface area (Å²) in [5.74, 6) is 0. The Labute approximate surface area is 93.7 Å². The first kappa shape index (κ1) is 11.0. The molecule has 0 saturated carbocycles. The van der Waals surface area contributed by atoms with Gasteiger partial charge in [-0.2, -0.15) is 5.10 Å². The fourth-order valence-corrected chi connectivity index (χ4v) is 1.54. The highest BCUT2D eigenvalue weighted by Crippen LogP contribution is 2.18. The largest absolute Gasteiger partial charge is 0.386 e. The van der Waals surface area contributed by atoms with Crippen LogP contribution in [0.15, 0.2) is 24.8 Å². The molecular weight excluding hydrogens is 206 g/mol. The first-order valence-electron chi connectivity index (χ1n) is 5.36. The summed E-state index contributed by atoms with van der Waals surface area (Å²) in [4.78, 5) is 4.01. The molecule has 2 rings (SSSR count). The van der Waals surface area contributed by atoms with E-state index in [1.807, 2.05) is 6.92 Å². The standard InChI is InChI=1S/C11H15N3O2/c1-2-5-16-8-11(15)9-6-13-14-4-3-12-7-10(9)14/h3-4,6-7,11,15H,2,5,8H2,1H3. The smallest absolute Gasteiger partial charge is 0.106 e. The molecule has 2 heterocycles. The number of aromatic nitrogens is 3. The molecule has 2 aromatic heterocycles. The summed E-state index contributed by atoms with van der Waals surface area (Å²) in [5, 5.41) is 14.1. The van der Waals surface area contributed by atoms with Gasteiger partial charge in [-0.3, -0.25) is 4.98 Å². The molecule has 0 radical (unpaired) electrons. The molecule has 0 saturated heterocycles. The van der Waals surface area contributed by atoms with Gasteiger partial charge in [0.2, 0.25) is 0 Å². The molecule has 16 heavy (non-hydrogen) atoms. The molecule has 5 nitrogen and oxygen atoms in total. The van der Waals surface area contributed by atoms with Crippen LogP contribution in [0.4, 0.5) is 0 Å². The lowest BCUT2D eigenvalue weighted by molar-refractivity contribution is 0.0370. The molecule has 0 bridgehead atoms. The SMILES string of the molecule is CCCOCC(O)c1cnn2ccncc12. The van der Waals surface area contributed by atoms with Crippen molar-refractivity contribution < 1.29 is 9.84 Å². The average Bonchev–Trinajstić information content (AvgIpc) is 2.73. The van der Waals surface area contributed by atoms with Crippen LogP contribution in [-0.4, -0.2) is 32.9 Å². The Bertz CT molecular complexity index is 455. The minimum atomic E-state index is -0.645. The second-order valence-electron chi connectivity index (χ2n) is 3.60. The van der Waals surface area contributed by atoms with E-state index in [0.717, 1.165) is 17.5 Å². The molecule has 1 unspecified atom stereocenters. The first-order chi connectivity index (χ1) is 7.83. The topological polar surface area (TPSA) is 59.7 Å². The summed E-state index contributed by atoms with van der Waals surface area (Å²) in [5.41, 5.74) is 1.57. The number of fused-ring (bicyclic) bond motifs is 1. The molecule has 1 N–H and O–H groups in total. The van der Waals surface area contributed by atoms with Crippen LogP contribution in [0.3, 0.4) is 0 Å². The van der Waals surface area contributed by atoms with Crippen LogP contribution >= 0.6 is 0 Å². The zero-order chi connectivity index (χ0) is 11.4. The van der Waals surface area contributed by atoms with Crippen molar-refractivity contribution in [2.45, 2.75) is 19.4 Å². The third-order valence-corrected chi connectivity index (χ3v) is 2.34. The van der Waals surface area contributed by atoms with E-state index < -0.39 is 6.10 Å². The van der Waals surface area contributed by atoms with Crippen molar-refractivity contribution in [2.75, 3.05) is 13.2 Å². The third-order valence-electron chi connectivity index (χ3n) is 2.34.